The summed E-state index contributed by atoms with van der Waals surface area (Å²) in [7, 11) is 0. The van der Waals surface area contributed by atoms with Crippen LogP contribution in [0, 0.1) is 11.8 Å². The quantitative estimate of drug-likeness (QED) is 0.0324. The van der Waals surface area contributed by atoms with Gasteiger partial charge in [-0.1, -0.05) is 124 Å². The third kappa shape index (κ3) is 18.6. The van der Waals surface area contributed by atoms with E-state index in [0.717, 1.165) is 86.8 Å². The van der Waals surface area contributed by atoms with Gasteiger partial charge in [-0.25, -0.2) is 9.59 Å². The molecule has 0 aliphatic carbocycles. The Morgan fingerprint density at radius 1 is 0.559 bits per heavy atom. The van der Waals surface area contributed by atoms with E-state index in [1.54, 1.807) is 12.1 Å². The molecule has 0 radical (unpaired) electrons. The van der Waals surface area contributed by atoms with Gasteiger partial charge >= 0.3 is 11.9 Å². The van der Waals surface area contributed by atoms with Gasteiger partial charge in [0.1, 0.15) is 9.75 Å². The number of nitrogens with zero attached hydrogens (tertiary/aromatic N) is 2. The Hall–Kier alpha value is -4.88. The van der Waals surface area contributed by atoms with Crippen molar-refractivity contribution in [1.29, 1.82) is 0 Å². The first-order chi connectivity index (χ1) is 32.9. The number of aliphatic hydroxyl groups is 2. The van der Waals surface area contributed by atoms with Crippen molar-refractivity contribution in [3.8, 4) is 0 Å². The van der Waals surface area contributed by atoms with Crippen LogP contribution in [0.3, 0.4) is 0 Å². The number of amides is 2. The summed E-state index contributed by atoms with van der Waals surface area (Å²) in [6.07, 6.45) is 23.7. The smallest absolute Gasteiger partial charge is 0.345 e. The summed E-state index contributed by atoms with van der Waals surface area (Å²) in [6, 6.07) is 28.2. The molecule has 0 spiro atoms. The van der Waals surface area contributed by atoms with Gasteiger partial charge in [0.25, 0.3) is 0 Å². The molecule has 68 heavy (non-hydrogen) atoms. The van der Waals surface area contributed by atoms with E-state index in [9.17, 15) is 29.4 Å². The Morgan fingerprint density at radius 2 is 0.956 bits per heavy atom. The van der Waals surface area contributed by atoms with Crippen molar-refractivity contribution in [2.45, 2.75) is 154 Å². The zero-order valence-corrected chi connectivity index (χ0v) is 41.8. The highest BCUT2D eigenvalue weighted by Gasteiger charge is 2.30. The maximum atomic E-state index is 12.4. The molecule has 2 amide bonds. The van der Waals surface area contributed by atoms with Crippen LogP contribution in [0.5, 0.6) is 0 Å². The number of aryl methyl sites for hydroxylation is 4. The van der Waals surface area contributed by atoms with Crippen LogP contribution in [-0.4, -0.2) is 91.4 Å². The van der Waals surface area contributed by atoms with Crippen LogP contribution in [0.2, 0.25) is 0 Å². The van der Waals surface area contributed by atoms with Gasteiger partial charge in [0.2, 0.25) is 11.8 Å². The fourth-order valence-electron chi connectivity index (χ4n) is 9.03. The fraction of sp³-hybridized carbons (Fsp3) is 0.500. The largest absolute Gasteiger partial charge is 0.477 e. The molecular weight excluding hydrogens is 893 g/mol. The Kier molecular flexibility index (Phi) is 23.2. The summed E-state index contributed by atoms with van der Waals surface area (Å²) in [5, 5.41) is 39.3. The van der Waals surface area contributed by atoms with Crippen molar-refractivity contribution in [3.05, 3.63) is 140 Å². The number of carbonyl (C=O) groups is 4. The molecule has 2 saturated heterocycles. The predicted molar refractivity (Wildman–Crippen MR) is 275 cm³/mol. The minimum Gasteiger partial charge on any atom is -0.477 e. The number of aromatic carboxylic acids is 2. The highest BCUT2D eigenvalue weighted by atomic mass is 32.1. The average molecular weight is 967 g/mol. The number of benzene rings is 2. The molecule has 2 fully saturated rings. The lowest BCUT2D eigenvalue weighted by Gasteiger charge is -2.23. The molecule has 6 rings (SSSR count). The first-order valence-electron chi connectivity index (χ1n) is 24.9. The number of thiophene rings is 2. The second-order valence-corrected chi connectivity index (χ2v) is 20.9. The molecule has 12 heteroatoms. The molecule has 10 nitrogen and oxygen atoms in total. The third-order valence-electron chi connectivity index (χ3n) is 13.3. The summed E-state index contributed by atoms with van der Waals surface area (Å²) < 4.78 is 0. The average Bonchev–Trinajstić information content (AvgIpc) is 4.16. The van der Waals surface area contributed by atoms with Gasteiger partial charge in [-0.3, -0.25) is 9.59 Å². The van der Waals surface area contributed by atoms with Crippen LogP contribution >= 0.6 is 22.7 Å². The Balaban J connectivity index is 0.000000254. The van der Waals surface area contributed by atoms with E-state index in [-0.39, 0.29) is 35.7 Å². The van der Waals surface area contributed by atoms with Crippen molar-refractivity contribution < 1.29 is 39.6 Å². The number of aliphatic hydroxyl groups excluding tert-OH is 2. The molecule has 4 aromatic rings. The third-order valence-corrected chi connectivity index (χ3v) is 15.6. The molecule has 0 saturated carbocycles. The molecule has 6 atom stereocenters. The fourth-order valence-corrected chi connectivity index (χ4v) is 10.8. The molecule has 4 heterocycles. The topological polar surface area (TPSA) is 156 Å². The number of hydrogen-bond donors (Lipinski definition) is 4. The lowest BCUT2D eigenvalue weighted by Crippen LogP contribution is -2.33. The zero-order valence-electron chi connectivity index (χ0n) is 40.1. The molecule has 0 bridgehead atoms. The first kappa shape index (κ1) is 54.1. The van der Waals surface area contributed by atoms with Gasteiger partial charge in [0.15, 0.2) is 0 Å². The first-order valence-corrected chi connectivity index (χ1v) is 26.5. The van der Waals surface area contributed by atoms with Gasteiger partial charge in [0, 0.05) is 35.7 Å². The molecule has 2 aliphatic heterocycles. The van der Waals surface area contributed by atoms with E-state index >= 15 is 0 Å². The molecule has 0 unspecified atom stereocenters. The molecular formula is C56H74N2O8S2. The summed E-state index contributed by atoms with van der Waals surface area (Å²) in [5.74, 6) is -1.07. The Morgan fingerprint density at radius 3 is 1.32 bits per heavy atom. The van der Waals surface area contributed by atoms with Gasteiger partial charge in [0.05, 0.1) is 24.3 Å². The van der Waals surface area contributed by atoms with Gasteiger partial charge in [-0.2, -0.15) is 0 Å². The van der Waals surface area contributed by atoms with Crippen molar-refractivity contribution in [1.82, 2.24) is 9.80 Å². The molecule has 2 aliphatic rings. The standard InChI is InChI=1S/2C28H37NO4S/c2*1-21(9-4-2-5-10-22-11-6-3-7-12-22)25(30)17-14-23-15-19-27(31)29(23)20-8-13-24-16-18-26(34-24)28(32)33/h2*3,6-7,11-12,14,16-18,21,23,25,30H,2,4-5,8-10,13,15,19-20H2,1H3,(H,32,33)/b2*17-14+/t21-,23-,25+;21-,23-,25-/m00/s1. The summed E-state index contributed by atoms with van der Waals surface area (Å²) in [4.78, 5) is 53.4. The highest BCUT2D eigenvalue weighted by molar-refractivity contribution is 7.14. The molecule has 368 valence electrons. The van der Waals surface area contributed by atoms with Crippen molar-refractivity contribution >= 4 is 46.4 Å². The predicted octanol–water partition coefficient (Wildman–Crippen LogP) is 11.5. The minimum atomic E-state index is -0.892. The minimum absolute atomic E-state index is 0.0399. The van der Waals surface area contributed by atoms with Crippen molar-refractivity contribution in [3.63, 3.8) is 0 Å². The molecule has 2 aromatic heterocycles. The number of unbranched alkanes of at least 4 members (excludes halogenated alkanes) is 4. The lowest BCUT2D eigenvalue weighted by molar-refractivity contribution is -0.129. The normalized spacial score (nSPS) is 18.0. The van der Waals surface area contributed by atoms with E-state index in [1.165, 1.54) is 59.5 Å². The van der Waals surface area contributed by atoms with E-state index in [2.05, 4.69) is 62.4 Å². The number of rotatable bonds is 28. The van der Waals surface area contributed by atoms with Gasteiger partial charge in [-0.05, 0) is 124 Å². The van der Waals surface area contributed by atoms with Crippen LogP contribution in [0.1, 0.15) is 144 Å². The Labute approximate surface area is 412 Å². The van der Waals surface area contributed by atoms with Gasteiger partial charge < -0.3 is 30.2 Å². The molecule has 2 aromatic carbocycles. The Bertz CT molecular complexity index is 2030. The monoisotopic (exact) mass is 966 g/mol. The SMILES string of the molecule is C[C@@H](CCCCCc1ccccc1)[C@@H](O)/C=C/[C@H]1CCC(=O)N1CCCc1ccc(C(=O)O)s1.C[C@@H](CCCCCc1ccccc1)[C@H](O)/C=C/[C@H]1CCC(=O)N1CCCc1ccc(C(=O)O)s1. The van der Waals surface area contributed by atoms with Crippen LogP contribution in [-0.2, 0) is 35.3 Å². The van der Waals surface area contributed by atoms with Crippen LogP contribution in [0.15, 0.2) is 109 Å². The maximum absolute atomic E-state index is 12.4. The van der Waals surface area contributed by atoms with E-state index in [1.807, 2.05) is 58.4 Å². The number of likely N-dealkylation sites (tertiary alicyclic amines) is 2. The van der Waals surface area contributed by atoms with Crippen molar-refractivity contribution in [2.24, 2.45) is 11.8 Å². The summed E-state index contributed by atoms with van der Waals surface area (Å²) in [5.41, 5.74) is 2.77. The van der Waals surface area contributed by atoms with Crippen LogP contribution in [0.25, 0.3) is 0 Å². The van der Waals surface area contributed by atoms with E-state index in [4.69, 9.17) is 10.2 Å². The van der Waals surface area contributed by atoms with E-state index in [0.29, 0.717) is 35.7 Å². The lowest BCUT2D eigenvalue weighted by atomic mass is 9.95. The number of carbonyl (C=O) groups excluding carboxylic acids is 2. The number of carboxylic acid groups (broad SMARTS) is 2. The maximum Gasteiger partial charge on any atom is 0.345 e. The second-order valence-electron chi connectivity index (χ2n) is 18.6. The second kappa shape index (κ2) is 29.2. The highest BCUT2D eigenvalue weighted by Crippen LogP contribution is 2.26. The number of hydrogen-bond acceptors (Lipinski definition) is 8. The van der Waals surface area contributed by atoms with Crippen LogP contribution < -0.4 is 0 Å². The zero-order chi connectivity index (χ0) is 48.7. The van der Waals surface area contributed by atoms with Gasteiger partial charge in [-0.15, -0.1) is 22.7 Å². The number of carboxylic acids is 2. The summed E-state index contributed by atoms with van der Waals surface area (Å²) >= 11 is 2.60. The van der Waals surface area contributed by atoms with Crippen LogP contribution in [0.4, 0.5) is 0 Å². The molecule has 4 N–H and O–H groups in total. The van der Waals surface area contributed by atoms with Crippen molar-refractivity contribution in [2.75, 3.05) is 13.1 Å². The van der Waals surface area contributed by atoms with E-state index < -0.39 is 24.1 Å². The summed E-state index contributed by atoms with van der Waals surface area (Å²) in [6.45, 7) is 5.49.